The summed E-state index contributed by atoms with van der Waals surface area (Å²) in [4.78, 5) is 16.9. The van der Waals surface area contributed by atoms with E-state index >= 15 is 0 Å². The Bertz CT molecular complexity index is 790. The van der Waals surface area contributed by atoms with Crippen LogP contribution in [0.25, 0.3) is 20.1 Å². The maximum Gasteiger partial charge on any atom is 0.422 e. The normalized spacial score (nSPS) is 11.8. The highest BCUT2D eigenvalue weighted by Crippen LogP contribution is 2.34. The largest absolute Gasteiger partial charge is 0.452 e. The fourth-order valence-electron chi connectivity index (χ4n) is 1.76. The van der Waals surface area contributed by atoms with Gasteiger partial charge in [-0.05, 0) is 24.3 Å². The van der Waals surface area contributed by atoms with Crippen molar-refractivity contribution in [1.82, 2.24) is 4.98 Å². The second-order valence-electron chi connectivity index (χ2n) is 4.34. The van der Waals surface area contributed by atoms with Crippen molar-refractivity contribution >= 4 is 38.9 Å². The molecule has 0 aliphatic carbocycles. The molecule has 22 heavy (non-hydrogen) atoms. The van der Waals surface area contributed by atoms with Crippen LogP contribution in [0.1, 0.15) is 9.67 Å². The minimum atomic E-state index is -4.53. The minimum absolute atomic E-state index is 0.124. The van der Waals surface area contributed by atoms with E-state index in [0.29, 0.717) is 0 Å². The van der Waals surface area contributed by atoms with Gasteiger partial charge in [0, 0.05) is 0 Å². The highest BCUT2D eigenvalue weighted by atomic mass is 32.1. The molecule has 0 spiro atoms. The number of fused-ring (bicyclic) bond motifs is 1. The predicted octanol–water partition coefficient (Wildman–Crippen LogP) is 4.74. The van der Waals surface area contributed by atoms with E-state index in [2.05, 4.69) is 9.72 Å². The topological polar surface area (TPSA) is 39.2 Å². The number of halogens is 3. The Hall–Kier alpha value is -1.93. The summed E-state index contributed by atoms with van der Waals surface area (Å²) in [6.07, 6.45) is -4.53. The highest BCUT2D eigenvalue weighted by molar-refractivity contribution is 7.26. The van der Waals surface area contributed by atoms with Crippen LogP contribution in [-0.4, -0.2) is 23.7 Å². The second kappa shape index (κ2) is 5.69. The van der Waals surface area contributed by atoms with Crippen LogP contribution in [0, 0.1) is 0 Å². The SMILES string of the molecule is O=C(OCC(F)(F)F)c1ccc(-c2nc3ccccc3s2)s1. The first-order valence-electron chi connectivity index (χ1n) is 6.12. The number of ether oxygens (including phenoxy) is 1. The molecular weight excluding hydrogens is 335 g/mol. The van der Waals surface area contributed by atoms with Crippen molar-refractivity contribution in [2.75, 3.05) is 6.61 Å². The average molecular weight is 343 g/mol. The lowest BCUT2D eigenvalue weighted by Crippen LogP contribution is -2.19. The Morgan fingerprint density at radius 1 is 1.14 bits per heavy atom. The third-order valence-electron chi connectivity index (χ3n) is 2.68. The maximum atomic E-state index is 12.0. The zero-order valence-corrected chi connectivity index (χ0v) is 12.5. The van der Waals surface area contributed by atoms with Crippen LogP contribution in [0.15, 0.2) is 36.4 Å². The minimum Gasteiger partial charge on any atom is -0.452 e. The van der Waals surface area contributed by atoms with Gasteiger partial charge in [0.15, 0.2) is 6.61 Å². The van der Waals surface area contributed by atoms with Crippen molar-refractivity contribution in [2.45, 2.75) is 6.18 Å². The number of carbonyl (C=O) groups is 1. The van der Waals surface area contributed by atoms with Gasteiger partial charge in [0.1, 0.15) is 9.88 Å². The summed E-state index contributed by atoms with van der Waals surface area (Å²) in [7, 11) is 0. The number of para-hydroxylation sites is 1. The molecule has 0 bridgehead atoms. The summed E-state index contributed by atoms with van der Waals surface area (Å²) in [6, 6.07) is 10.7. The molecule has 2 aromatic heterocycles. The molecule has 2 heterocycles. The molecule has 0 aliphatic rings. The molecule has 0 amide bonds. The zero-order valence-electron chi connectivity index (χ0n) is 10.9. The van der Waals surface area contributed by atoms with E-state index in [4.69, 9.17) is 0 Å². The van der Waals surface area contributed by atoms with Crippen molar-refractivity contribution in [3.8, 4) is 9.88 Å². The zero-order chi connectivity index (χ0) is 15.7. The molecule has 3 rings (SSSR count). The van der Waals surface area contributed by atoms with Crippen LogP contribution in [0.3, 0.4) is 0 Å². The fourth-order valence-corrected chi connectivity index (χ4v) is 3.68. The van der Waals surface area contributed by atoms with Crippen molar-refractivity contribution in [3.05, 3.63) is 41.3 Å². The molecule has 3 aromatic rings. The van der Waals surface area contributed by atoms with Crippen LogP contribution < -0.4 is 0 Å². The third kappa shape index (κ3) is 3.28. The first-order chi connectivity index (χ1) is 10.4. The second-order valence-corrected chi connectivity index (χ2v) is 6.46. The smallest absolute Gasteiger partial charge is 0.422 e. The van der Waals surface area contributed by atoms with E-state index in [1.807, 2.05) is 24.3 Å². The van der Waals surface area contributed by atoms with Gasteiger partial charge in [-0.25, -0.2) is 9.78 Å². The molecule has 0 saturated carbocycles. The number of rotatable bonds is 3. The van der Waals surface area contributed by atoms with E-state index in [-0.39, 0.29) is 4.88 Å². The van der Waals surface area contributed by atoms with Crippen LogP contribution in [0.5, 0.6) is 0 Å². The Balaban J connectivity index is 1.79. The van der Waals surface area contributed by atoms with Gasteiger partial charge in [0.25, 0.3) is 0 Å². The molecule has 3 nitrogen and oxygen atoms in total. The molecule has 0 aliphatic heterocycles. The van der Waals surface area contributed by atoms with Crippen LogP contribution in [0.4, 0.5) is 13.2 Å². The molecule has 0 atom stereocenters. The fraction of sp³-hybridized carbons (Fsp3) is 0.143. The van der Waals surface area contributed by atoms with Gasteiger partial charge in [-0.3, -0.25) is 0 Å². The summed E-state index contributed by atoms with van der Waals surface area (Å²) in [5, 5.41) is 0.723. The number of benzene rings is 1. The van der Waals surface area contributed by atoms with Gasteiger partial charge in [0.2, 0.25) is 0 Å². The van der Waals surface area contributed by atoms with E-state index in [0.717, 1.165) is 31.4 Å². The molecule has 0 N–H and O–H groups in total. The predicted molar refractivity (Wildman–Crippen MR) is 79.3 cm³/mol. The number of thiazole rings is 1. The molecule has 0 unspecified atom stereocenters. The lowest BCUT2D eigenvalue weighted by atomic mass is 10.3. The maximum absolute atomic E-state index is 12.0. The number of hydrogen-bond acceptors (Lipinski definition) is 5. The highest BCUT2D eigenvalue weighted by Gasteiger charge is 2.30. The van der Waals surface area contributed by atoms with Crippen LogP contribution in [0.2, 0.25) is 0 Å². The molecular formula is C14H8F3NO2S2. The number of thiophene rings is 1. The number of hydrogen-bond donors (Lipinski definition) is 0. The van der Waals surface area contributed by atoms with Crippen molar-refractivity contribution in [2.24, 2.45) is 0 Å². The summed E-state index contributed by atoms with van der Waals surface area (Å²) in [5.74, 6) is -0.977. The van der Waals surface area contributed by atoms with Crippen LogP contribution in [-0.2, 0) is 4.74 Å². The molecule has 114 valence electrons. The lowest BCUT2D eigenvalue weighted by molar-refractivity contribution is -0.161. The summed E-state index contributed by atoms with van der Waals surface area (Å²) >= 11 is 2.53. The van der Waals surface area contributed by atoms with Gasteiger partial charge in [-0.15, -0.1) is 22.7 Å². The number of aromatic nitrogens is 1. The Morgan fingerprint density at radius 2 is 1.91 bits per heavy atom. The molecule has 0 fully saturated rings. The quantitative estimate of drug-likeness (QED) is 0.645. The number of nitrogens with zero attached hydrogens (tertiary/aromatic N) is 1. The standard InChI is InChI=1S/C14H8F3NO2S2/c15-14(16,17)7-20-13(19)11-6-5-10(21-11)12-18-8-3-1-2-4-9(8)22-12/h1-6H,7H2. The average Bonchev–Trinajstić information content (AvgIpc) is 3.09. The first-order valence-corrected chi connectivity index (χ1v) is 7.75. The molecule has 0 saturated heterocycles. The molecule has 8 heteroatoms. The van der Waals surface area contributed by atoms with E-state index < -0.39 is 18.8 Å². The van der Waals surface area contributed by atoms with E-state index in [1.54, 1.807) is 6.07 Å². The Morgan fingerprint density at radius 3 is 2.64 bits per heavy atom. The van der Waals surface area contributed by atoms with Gasteiger partial charge in [0.05, 0.1) is 15.1 Å². The third-order valence-corrected chi connectivity index (χ3v) is 4.95. The van der Waals surface area contributed by atoms with Crippen molar-refractivity contribution < 1.29 is 22.7 Å². The van der Waals surface area contributed by atoms with Gasteiger partial charge < -0.3 is 4.74 Å². The first kappa shape index (κ1) is 15.0. The monoisotopic (exact) mass is 343 g/mol. The molecule has 1 aromatic carbocycles. The molecule has 0 radical (unpaired) electrons. The summed E-state index contributed by atoms with van der Waals surface area (Å²) in [6.45, 7) is -1.58. The van der Waals surface area contributed by atoms with Gasteiger partial charge >= 0.3 is 12.1 Å². The van der Waals surface area contributed by atoms with E-state index in [9.17, 15) is 18.0 Å². The number of carbonyl (C=O) groups excluding carboxylic acids is 1. The van der Waals surface area contributed by atoms with Crippen molar-refractivity contribution in [1.29, 1.82) is 0 Å². The van der Waals surface area contributed by atoms with Crippen LogP contribution >= 0.6 is 22.7 Å². The summed E-state index contributed by atoms with van der Waals surface area (Å²) < 4.78 is 41.4. The Labute approximate surface area is 131 Å². The van der Waals surface area contributed by atoms with Crippen molar-refractivity contribution in [3.63, 3.8) is 0 Å². The van der Waals surface area contributed by atoms with Gasteiger partial charge in [-0.1, -0.05) is 12.1 Å². The van der Waals surface area contributed by atoms with E-state index in [1.165, 1.54) is 17.4 Å². The van der Waals surface area contributed by atoms with Gasteiger partial charge in [-0.2, -0.15) is 13.2 Å². The Kier molecular flexibility index (Phi) is 3.88. The lowest BCUT2D eigenvalue weighted by Gasteiger charge is -2.06. The number of alkyl halides is 3. The number of esters is 1. The summed E-state index contributed by atoms with van der Waals surface area (Å²) in [5.41, 5.74) is 0.845.